The minimum atomic E-state index is -0.578. The fraction of sp³-hybridized carbons (Fsp3) is 0.0250. The quantitative estimate of drug-likeness (QED) is 0.227. The van der Waals surface area contributed by atoms with Gasteiger partial charge in [0.05, 0.1) is 22.5 Å². The topological polar surface area (TPSA) is 28.1 Å². The Morgan fingerprint density at radius 1 is 0.476 bits per heavy atom. The first-order chi connectivity index (χ1) is 20.8. The lowest BCUT2D eigenvalue weighted by atomic mass is 9.65. The third kappa shape index (κ3) is 3.69. The Balaban J connectivity index is 1.47. The maximum atomic E-state index is 5.35. The normalized spacial score (nSPS) is 15.9. The van der Waals surface area contributed by atoms with Crippen molar-refractivity contribution in [2.75, 3.05) is 0 Å². The molecule has 2 heterocycles. The van der Waals surface area contributed by atoms with Crippen LogP contribution in [0.5, 0.6) is 0 Å². The van der Waals surface area contributed by atoms with Gasteiger partial charge in [-0.1, -0.05) is 146 Å². The van der Waals surface area contributed by atoms with E-state index in [9.17, 15) is 0 Å². The first kappa shape index (κ1) is 24.3. The summed E-state index contributed by atoms with van der Waals surface area (Å²) in [4.78, 5) is 9.13. The van der Waals surface area contributed by atoms with E-state index in [-0.39, 0.29) is 0 Å². The van der Waals surface area contributed by atoms with E-state index in [1.54, 1.807) is 0 Å². The third-order valence-corrected chi connectivity index (χ3v) is 8.51. The van der Waals surface area contributed by atoms with Crippen molar-refractivity contribution in [2.45, 2.75) is 5.41 Å². The number of nitrogens with one attached hydrogen (secondary N) is 1. The molecule has 0 bridgehead atoms. The molecule has 6 aromatic carbocycles. The molecular formula is C40H28N2. The zero-order valence-corrected chi connectivity index (χ0v) is 23.0. The van der Waals surface area contributed by atoms with Crippen LogP contribution >= 0.6 is 0 Å². The molecular weight excluding hydrogens is 508 g/mol. The summed E-state index contributed by atoms with van der Waals surface area (Å²) >= 11 is 0. The zero-order valence-electron chi connectivity index (χ0n) is 23.0. The second-order valence-electron chi connectivity index (χ2n) is 10.8. The third-order valence-electron chi connectivity index (χ3n) is 8.51. The standard InChI is InChI=1S/C40H28N2/c1-5-15-28(16-6-1)37-33-27-32(25-26-35(33)41-38(37)29-17-7-2-8-18-29)40(31-21-11-4-12-22-31)34-23-13-14-24-36(34)42-39(40)30-19-9-3-10-20-30/h1-27,41H. The smallest absolute Gasteiger partial charge is 0.0901 e. The van der Waals surface area contributed by atoms with Gasteiger partial charge in [0.25, 0.3) is 0 Å². The van der Waals surface area contributed by atoms with Crippen molar-refractivity contribution >= 4 is 22.3 Å². The number of aromatic amines is 1. The average Bonchev–Trinajstić information content (AvgIpc) is 3.63. The van der Waals surface area contributed by atoms with Crippen LogP contribution in [-0.2, 0) is 5.41 Å². The van der Waals surface area contributed by atoms with E-state index in [2.05, 4.69) is 169 Å². The van der Waals surface area contributed by atoms with E-state index in [4.69, 9.17) is 4.99 Å². The highest BCUT2D eigenvalue weighted by molar-refractivity contribution is 6.17. The molecule has 42 heavy (non-hydrogen) atoms. The molecule has 1 atom stereocenters. The molecule has 2 heteroatoms. The Morgan fingerprint density at radius 2 is 1.05 bits per heavy atom. The van der Waals surface area contributed by atoms with Crippen LogP contribution in [0.25, 0.3) is 33.3 Å². The monoisotopic (exact) mass is 536 g/mol. The van der Waals surface area contributed by atoms with Crippen LogP contribution in [0.4, 0.5) is 5.69 Å². The fourth-order valence-corrected chi connectivity index (χ4v) is 6.69. The van der Waals surface area contributed by atoms with Gasteiger partial charge in [0.1, 0.15) is 0 Å². The lowest BCUT2D eigenvalue weighted by Crippen LogP contribution is -2.36. The lowest BCUT2D eigenvalue weighted by molar-refractivity contribution is 0.853. The molecule has 7 aromatic rings. The highest BCUT2D eigenvalue weighted by atomic mass is 14.8. The van der Waals surface area contributed by atoms with Crippen LogP contribution in [0, 0.1) is 0 Å². The molecule has 1 aliphatic heterocycles. The van der Waals surface area contributed by atoms with E-state index >= 15 is 0 Å². The van der Waals surface area contributed by atoms with Crippen LogP contribution in [0.15, 0.2) is 169 Å². The molecule has 0 aliphatic carbocycles. The van der Waals surface area contributed by atoms with Gasteiger partial charge in [-0.15, -0.1) is 0 Å². The minimum absolute atomic E-state index is 0.578. The van der Waals surface area contributed by atoms with Gasteiger partial charge in [0.15, 0.2) is 0 Å². The highest BCUT2D eigenvalue weighted by Gasteiger charge is 2.47. The molecule has 1 unspecified atom stereocenters. The van der Waals surface area contributed by atoms with Crippen molar-refractivity contribution < 1.29 is 0 Å². The second kappa shape index (κ2) is 9.87. The van der Waals surface area contributed by atoms with Crippen LogP contribution in [0.2, 0.25) is 0 Å². The van der Waals surface area contributed by atoms with Gasteiger partial charge in [0.2, 0.25) is 0 Å². The molecule has 0 fully saturated rings. The number of H-pyrrole nitrogens is 1. The summed E-state index contributed by atoms with van der Waals surface area (Å²) in [7, 11) is 0. The number of hydrogen-bond donors (Lipinski definition) is 1. The SMILES string of the molecule is c1ccc(C2=Nc3ccccc3C2(c2ccccc2)c2ccc3[nH]c(-c4ccccc4)c(-c4ccccc4)c3c2)cc1. The van der Waals surface area contributed by atoms with Gasteiger partial charge in [0, 0.05) is 16.5 Å². The molecule has 0 radical (unpaired) electrons. The van der Waals surface area contributed by atoms with Gasteiger partial charge in [-0.3, -0.25) is 4.99 Å². The van der Waals surface area contributed by atoms with E-state index in [1.165, 1.54) is 38.8 Å². The molecule has 0 spiro atoms. The predicted octanol–water partition coefficient (Wildman–Crippen LogP) is 9.97. The van der Waals surface area contributed by atoms with E-state index < -0.39 is 5.41 Å². The van der Waals surface area contributed by atoms with E-state index in [0.717, 1.165) is 28.2 Å². The predicted molar refractivity (Wildman–Crippen MR) is 175 cm³/mol. The largest absolute Gasteiger partial charge is 0.354 e. The maximum Gasteiger partial charge on any atom is 0.0901 e. The number of fused-ring (bicyclic) bond motifs is 2. The van der Waals surface area contributed by atoms with Crippen molar-refractivity contribution in [1.82, 2.24) is 4.98 Å². The number of aliphatic imine (C=N–C) groups is 1. The molecule has 0 saturated carbocycles. The van der Waals surface area contributed by atoms with Gasteiger partial charge < -0.3 is 4.98 Å². The summed E-state index contributed by atoms with van der Waals surface area (Å²) in [6, 6.07) is 58.4. The van der Waals surface area contributed by atoms with Crippen molar-refractivity contribution in [3.05, 3.63) is 186 Å². The Labute approximate surface area is 245 Å². The molecule has 0 amide bonds. The number of benzene rings is 6. The number of nitrogens with zero attached hydrogens (tertiary/aromatic N) is 1. The van der Waals surface area contributed by atoms with E-state index in [1.807, 2.05) is 0 Å². The Kier molecular flexibility index (Phi) is 5.72. The van der Waals surface area contributed by atoms with Crippen molar-refractivity contribution in [1.29, 1.82) is 0 Å². The number of hydrogen-bond acceptors (Lipinski definition) is 1. The van der Waals surface area contributed by atoms with Crippen LogP contribution in [0.1, 0.15) is 22.3 Å². The van der Waals surface area contributed by atoms with E-state index in [0.29, 0.717) is 0 Å². The summed E-state index contributed by atoms with van der Waals surface area (Å²) in [5.41, 5.74) is 12.0. The number of aromatic nitrogens is 1. The Bertz CT molecular complexity index is 2060. The molecule has 2 nitrogen and oxygen atoms in total. The highest BCUT2D eigenvalue weighted by Crippen LogP contribution is 2.52. The summed E-state index contributed by atoms with van der Waals surface area (Å²) in [5.74, 6) is 0. The summed E-state index contributed by atoms with van der Waals surface area (Å²) in [6.45, 7) is 0. The second-order valence-corrected chi connectivity index (χ2v) is 10.8. The number of para-hydroxylation sites is 1. The van der Waals surface area contributed by atoms with Gasteiger partial charge in [-0.25, -0.2) is 0 Å². The first-order valence-electron chi connectivity index (χ1n) is 14.4. The van der Waals surface area contributed by atoms with Crippen molar-refractivity contribution in [2.24, 2.45) is 4.99 Å². The van der Waals surface area contributed by atoms with Gasteiger partial charge >= 0.3 is 0 Å². The minimum Gasteiger partial charge on any atom is -0.354 e. The average molecular weight is 537 g/mol. The number of rotatable bonds is 5. The van der Waals surface area contributed by atoms with Crippen LogP contribution in [-0.4, -0.2) is 10.7 Å². The van der Waals surface area contributed by atoms with Crippen LogP contribution in [0.3, 0.4) is 0 Å². The fourth-order valence-electron chi connectivity index (χ4n) is 6.69. The Hall–Kier alpha value is -5.47. The van der Waals surface area contributed by atoms with Crippen LogP contribution < -0.4 is 0 Å². The summed E-state index contributed by atoms with van der Waals surface area (Å²) < 4.78 is 0. The maximum absolute atomic E-state index is 5.35. The van der Waals surface area contributed by atoms with Gasteiger partial charge in [-0.05, 0) is 51.6 Å². The van der Waals surface area contributed by atoms with Gasteiger partial charge in [-0.2, -0.15) is 0 Å². The summed E-state index contributed by atoms with van der Waals surface area (Å²) in [6.07, 6.45) is 0. The molecule has 8 rings (SSSR count). The molecule has 1 aromatic heterocycles. The van der Waals surface area contributed by atoms with Crippen molar-refractivity contribution in [3.8, 4) is 22.4 Å². The molecule has 0 saturated heterocycles. The molecule has 1 N–H and O–H groups in total. The molecule has 1 aliphatic rings. The first-order valence-corrected chi connectivity index (χ1v) is 14.4. The summed E-state index contributed by atoms with van der Waals surface area (Å²) in [5, 5.41) is 1.20. The molecule has 198 valence electrons. The zero-order chi connectivity index (χ0) is 27.9. The lowest BCUT2D eigenvalue weighted by Gasteiger charge is -2.34. The van der Waals surface area contributed by atoms with Crippen molar-refractivity contribution in [3.63, 3.8) is 0 Å². The Morgan fingerprint density at radius 3 is 1.74 bits per heavy atom.